The molecule has 1 aromatic rings. The van der Waals surface area contributed by atoms with Crippen LogP contribution in [0.2, 0.25) is 0 Å². The number of carbonyl (C=O) groups excluding carboxylic acids is 1. The number of urea groups is 1. The maximum Gasteiger partial charge on any atom is 0.315 e. The van der Waals surface area contributed by atoms with Gasteiger partial charge in [0.25, 0.3) is 0 Å². The van der Waals surface area contributed by atoms with Crippen molar-refractivity contribution in [2.24, 2.45) is 5.92 Å². The SMILES string of the molecule is CCN1CCN(CC(C)CNC(=O)NC2Cc3ccccc3C2)CC1. The molecule has 25 heavy (non-hydrogen) atoms. The van der Waals surface area contributed by atoms with Gasteiger partial charge in [-0.15, -0.1) is 0 Å². The number of likely N-dealkylation sites (N-methyl/N-ethyl adjacent to an activating group) is 1. The number of hydrogen-bond acceptors (Lipinski definition) is 3. The van der Waals surface area contributed by atoms with Gasteiger partial charge in [0, 0.05) is 45.3 Å². The van der Waals surface area contributed by atoms with Gasteiger partial charge in [-0.3, -0.25) is 0 Å². The zero-order valence-electron chi connectivity index (χ0n) is 15.6. The second kappa shape index (κ2) is 8.68. The fourth-order valence-electron chi connectivity index (χ4n) is 3.96. The molecule has 3 rings (SSSR count). The summed E-state index contributed by atoms with van der Waals surface area (Å²) >= 11 is 0. The fourth-order valence-corrected chi connectivity index (χ4v) is 3.96. The smallest absolute Gasteiger partial charge is 0.315 e. The van der Waals surface area contributed by atoms with Crippen LogP contribution in [0, 0.1) is 5.92 Å². The standard InChI is InChI=1S/C20H32N4O/c1-3-23-8-10-24(11-9-23)15-16(2)14-21-20(25)22-19-12-17-6-4-5-7-18(17)13-19/h4-7,16,19H,3,8-15H2,1-2H3,(H2,21,22,25). The van der Waals surface area contributed by atoms with Crippen molar-refractivity contribution in [2.75, 3.05) is 45.8 Å². The molecule has 0 saturated carbocycles. The number of nitrogens with zero attached hydrogens (tertiary/aromatic N) is 2. The number of rotatable bonds is 6. The molecule has 0 bridgehead atoms. The molecule has 5 nitrogen and oxygen atoms in total. The third kappa shape index (κ3) is 5.19. The zero-order chi connectivity index (χ0) is 17.6. The van der Waals surface area contributed by atoms with Gasteiger partial charge in [0.05, 0.1) is 0 Å². The van der Waals surface area contributed by atoms with Crippen LogP contribution < -0.4 is 10.6 Å². The van der Waals surface area contributed by atoms with E-state index in [1.54, 1.807) is 0 Å². The number of piperazine rings is 1. The highest BCUT2D eigenvalue weighted by Gasteiger charge is 2.22. The number of hydrogen-bond donors (Lipinski definition) is 2. The van der Waals surface area contributed by atoms with Crippen molar-refractivity contribution in [2.45, 2.75) is 32.7 Å². The van der Waals surface area contributed by atoms with Gasteiger partial charge in [-0.1, -0.05) is 38.1 Å². The predicted molar refractivity (Wildman–Crippen MR) is 102 cm³/mol. The third-order valence-corrected chi connectivity index (χ3v) is 5.48. The van der Waals surface area contributed by atoms with Crippen LogP contribution in [0.3, 0.4) is 0 Å². The quantitative estimate of drug-likeness (QED) is 0.826. The summed E-state index contributed by atoms with van der Waals surface area (Å²) in [7, 11) is 0. The molecule has 1 aromatic carbocycles. The van der Waals surface area contributed by atoms with Crippen molar-refractivity contribution >= 4 is 6.03 Å². The maximum atomic E-state index is 12.2. The van der Waals surface area contributed by atoms with Gasteiger partial charge in [0.2, 0.25) is 0 Å². The lowest BCUT2D eigenvalue weighted by Crippen LogP contribution is -2.49. The summed E-state index contributed by atoms with van der Waals surface area (Å²) in [5, 5.41) is 6.19. The lowest BCUT2D eigenvalue weighted by atomic mass is 10.1. The van der Waals surface area contributed by atoms with E-state index in [-0.39, 0.29) is 12.1 Å². The normalized spacial score (nSPS) is 20.2. The Labute approximate surface area is 151 Å². The summed E-state index contributed by atoms with van der Waals surface area (Å²) < 4.78 is 0. The molecule has 5 heteroatoms. The summed E-state index contributed by atoms with van der Waals surface area (Å²) in [6.45, 7) is 12.0. The van der Waals surface area contributed by atoms with E-state index >= 15 is 0 Å². The Morgan fingerprint density at radius 2 is 1.72 bits per heavy atom. The van der Waals surface area contributed by atoms with Crippen LogP contribution in [0.4, 0.5) is 4.79 Å². The number of nitrogens with one attached hydrogen (secondary N) is 2. The predicted octanol–water partition coefficient (Wildman–Crippen LogP) is 1.73. The Bertz CT molecular complexity index is 544. The lowest BCUT2D eigenvalue weighted by Gasteiger charge is -2.35. The van der Waals surface area contributed by atoms with Crippen LogP contribution in [0.1, 0.15) is 25.0 Å². The molecule has 138 valence electrons. The van der Waals surface area contributed by atoms with E-state index in [0.717, 1.165) is 45.6 Å². The monoisotopic (exact) mass is 344 g/mol. The second-order valence-corrected chi connectivity index (χ2v) is 7.57. The van der Waals surface area contributed by atoms with Gasteiger partial charge in [-0.2, -0.15) is 0 Å². The Morgan fingerprint density at radius 1 is 1.12 bits per heavy atom. The van der Waals surface area contributed by atoms with Crippen molar-refractivity contribution in [3.05, 3.63) is 35.4 Å². The van der Waals surface area contributed by atoms with Gasteiger partial charge >= 0.3 is 6.03 Å². The molecule has 1 aliphatic carbocycles. The zero-order valence-corrected chi connectivity index (χ0v) is 15.6. The molecule has 0 aromatic heterocycles. The molecule has 2 aliphatic rings. The van der Waals surface area contributed by atoms with Gasteiger partial charge in [0.1, 0.15) is 0 Å². The highest BCUT2D eigenvalue weighted by Crippen LogP contribution is 2.21. The molecule has 1 heterocycles. The highest BCUT2D eigenvalue weighted by molar-refractivity contribution is 5.74. The summed E-state index contributed by atoms with van der Waals surface area (Å²) in [5.41, 5.74) is 2.74. The Morgan fingerprint density at radius 3 is 2.32 bits per heavy atom. The van der Waals surface area contributed by atoms with Crippen LogP contribution in [-0.2, 0) is 12.8 Å². The first kappa shape index (κ1) is 18.2. The van der Waals surface area contributed by atoms with Crippen molar-refractivity contribution in [3.8, 4) is 0 Å². The molecule has 1 unspecified atom stereocenters. The Balaban J connectivity index is 1.33. The second-order valence-electron chi connectivity index (χ2n) is 7.57. The number of carbonyl (C=O) groups is 1. The van der Waals surface area contributed by atoms with Crippen LogP contribution in [0.25, 0.3) is 0 Å². The van der Waals surface area contributed by atoms with Gasteiger partial charge < -0.3 is 20.4 Å². The molecule has 1 atom stereocenters. The first-order chi connectivity index (χ1) is 12.1. The van der Waals surface area contributed by atoms with E-state index in [2.05, 4.69) is 58.5 Å². The van der Waals surface area contributed by atoms with E-state index < -0.39 is 0 Å². The molecule has 1 saturated heterocycles. The fraction of sp³-hybridized carbons (Fsp3) is 0.650. The first-order valence-electron chi connectivity index (χ1n) is 9.70. The summed E-state index contributed by atoms with van der Waals surface area (Å²) in [4.78, 5) is 17.2. The van der Waals surface area contributed by atoms with Crippen LogP contribution in [0.15, 0.2) is 24.3 Å². The van der Waals surface area contributed by atoms with Crippen LogP contribution in [-0.4, -0.2) is 67.7 Å². The molecular formula is C20H32N4O. The van der Waals surface area contributed by atoms with Gasteiger partial charge in [0.15, 0.2) is 0 Å². The number of fused-ring (bicyclic) bond motifs is 1. The number of benzene rings is 1. The minimum atomic E-state index is -0.0274. The third-order valence-electron chi connectivity index (χ3n) is 5.48. The van der Waals surface area contributed by atoms with Crippen molar-refractivity contribution in [3.63, 3.8) is 0 Å². The van der Waals surface area contributed by atoms with Gasteiger partial charge in [-0.25, -0.2) is 4.79 Å². The average molecular weight is 345 g/mol. The van der Waals surface area contributed by atoms with E-state index in [0.29, 0.717) is 5.92 Å². The van der Waals surface area contributed by atoms with E-state index in [1.807, 2.05) is 0 Å². The van der Waals surface area contributed by atoms with Crippen molar-refractivity contribution in [1.29, 1.82) is 0 Å². The topological polar surface area (TPSA) is 47.6 Å². The Hall–Kier alpha value is -1.59. The minimum Gasteiger partial charge on any atom is -0.338 e. The van der Waals surface area contributed by atoms with Crippen molar-refractivity contribution in [1.82, 2.24) is 20.4 Å². The Kier molecular flexibility index (Phi) is 6.32. The largest absolute Gasteiger partial charge is 0.338 e. The lowest BCUT2D eigenvalue weighted by molar-refractivity contribution is 0.124. The summed E-state index contributed by atoms with van der Waals surface area (Å²) in [5.74, 6) is 0.472. The number of amides is 2. The average Bonchev–Trinajstić information content (AvgIpc) is 3.03. The maximum absolute atomic E-state index is 12.2. The minimum absolute atomic E-state index is 0.0274. The molecule has 2 amide bonds. The van der Waals surface area contributed by atoms with E-state index in [4.69, 9.17) is 0 Å². The van der Waals surface area contributed by atoms with Crippen LogP contribution in [0.5, 0.6) is 0 Å². The summed E-state index contributed by atoms with van der Waals surface area (Å²) in [6.07, 6.45) is 1.89. The molecule has 0 radical (unpaired) electrons. The molecule has 2 N–H and O–H groups in total. The molecule has 1 aliphatic heterocycles. The first-order valence-corrected chi connectivity index (χ1v) is 9.70. The highest BCUT2D eigenvalue weighted by atomic mass is 16.2. The van der Waals surface area contributed by atoms with Crippen molar-refractivity contribution < 1.29 is 4.79 Å². The molecule has 0 spiro atoms. The summed E-state index contributed by atoms with van der Waals surface area (Å²) in [6, 6.07) is 8.67. The van der Waals surface area contributed by atoms with E-state index in [9.17, 15) is 4.79 Å². The van der Waals surface area contributed by atoms with E-state index in [1.165, 1.54) is 24.2 Å². The van der Waals surface area contributed by atoms with Gasteiger partial charge in [-0.05, 0) is 36.4 Å². The molecular weight excluding hydrogens is 312 g/mol. The van der Waals surface area contributed by atoms with Crippen LogP contribution >= 0.6 is 0 Å². The molecule has 1 fully saturated rings.